The van der Waals surface area contributed by atoms with Crippen LogP contribution in [0, 0.1) is 0 Å². The van der Waals surface area contributed by atoms with Crippen LogP contribution in [0.4, 0.5) is 0 Å². The fourth-order valence-electron chi connectivity index (χ4n) is 9.82. The molecule has 83 heavy (non-hydrogen) atoms. The van der Waals surface area contributed by atoms with Gasteiger partial charge in [0.05, 0.1) is 0 Å². The Kier molecular flexibility index (Phi) is 66.7. The number of ether oxygens (including phenoxy) is 3. The van der Waals surface area contributed by atoms with Gasteiger partial charge in [-0.25, -0.2) is 0 Å². The molecule has 0 aliphatic heterocycles. The smallest absolute Gasteiger partial charge is 0.306 e. The van der Waals surface area contributed by atoms with Crippen LogP contribution in [-0.4, -0.2) is 37.2 Å². The number of unbranched alkanes of at least 4 members (excludes halogenated alkanes) is 32. The van der Waals surface area contributed by atoms with Gasteiger partial charge < -0.3 is 14.2 Å². The molecule has 0 heterocycles. The zero-order valence-corrected chi connectivity index (χ0v) is 54.4. The molecule has 0 aliphatic carbocycles. The van der Waals surface area contributed by atoms with Crippen molar-refractivity contribution in [2.75, 3.05) is 13.2 Å². The Morgan fingerprint density at radius 3 is 0.783 bits per heavy atom. The fourth-order valence-corrected chi connectivity index (χ4v) is 9.82. The molecular formula is C77H130O6. The summed E-state index contributed by atoms with van der Waals surface area (Å²) in [6.45, 7) is 6.38. The molecule has 0 spiro atoms. The van der Waals surface area contributed by atoms with Gasteiger partial charge in [-0.1, -0.05) is 335 Å². The number of carbonyl (C=O) groups excluding carboxylic acids is 3. The van der Waals surface area contributed by atoms with Crippen LogP contribution >= 0.6 is 0 Å². The molecule has 0 radical (unpaired) electrons. The van der Waals surface area contributed by atoms with Crippen LogP contribution in [0.15, 0.2) is 122 Å². The molecule has 0 N–H and O–H groups in total. The second kappa shape index (κ2) is 70.3. The second-order valence-corrected chi connectivity index (χ2v) is 23.0. The first kappa shape index (κ1) is 78.8. The average Bonchev–Trinajstić information content (AvgIpc) is 3.50. The lowest BCUT2D eigenvalue weighted by Gasteiger charge is -2.18. The normalized spacial score (nSPS) is 12.9. The Hall–Kier alpha value is -4.19. The van der Waals surface area contributed by atoms with Gasteiger partial charge in [0.2, 0.25) is 0 Å². The van der Waals surface area contributed by atoms with Crippen molar-refractivity contribution in [2.45, 2.75) is 335 Å². The predicted molar refractivity (Wildman–Crippen MR) is 362 cm³/mol. The number of carbonyl (C=O) groups is 3. The Bertz CT molecular complexity index is 1700. The summed E-state index contributed by atoms with van der Waals surface area (Å²) >= 11 is 0. The van der Waals surface area contributed by atoms with E-state index in [1.54, 1.807) is 0 Å². The summed E-state index contributed by atoms with van der Waals surface area (Å²) in [7, 11) is 0. The van der Waals surface area contributed by atoms with Crippen LogP contribution in [0.1, 0.15) is 329 Å². The van der Waals surface area contributed by atoms with Gasteiger partial charge in [0.15, 0.2) is 6.10 Å². The first-order chi connectivity index (χ1) is 41.0. The number of hydrogen-bond donors (Lipinski definition) is 0. The highest BCUT2D eigenvalue weighted by atomic mass is 16.6. The molecule has 0 fully saturated rings. The Balaban J connectivity index is 4.41. The number of rotatable bonds is 63. The van der Waals surface area contributed by atoms with E-state index in [1.807, 2.05) is 6.08 Å². The van der Waals surface area contributed by atoms with Crippen molar-refractivity contribution >= 4 is 17.9 Å². The van der Waals surface area contributed by atoms with Crippen LogP contribution < -0.4 is 0 Å². The first-order valence-corrected chi connectivity index (χ1v) is 35.0. The van der Waals surface area contributed by atoms with Crippen molar-refractivity contribution in [1.82, 2.24) is 0 Å². The Morgan fingerprint density at radius 2 is 0.494 bits per heavy atom. The summed E-state index contributed by atoms with van der Waals surface area (Å²) < 4.78 is 16.9. The zero-order valence-electron chi connectivity index (χ0n) is 54.4. The van der Waals surface area contributed by atoms with E-state index in [0.29, 0.717) is 19.3 Å². The third-order valence-electron chi connectivity index (χ3n) is 15.0. The van der Waals surface area contributed by atoms with Gasteiger partial charge in [0.25, 0.3) is 0 Å². The van der Waals surface area contributed by atoms with Crippen molar-refractivity contribution in [3.8, 4) is 0 Å². The van der Waals surface area contributed by atoms with Gasteiger partial charge in [-0.05, 0) is 96.3 Å². The lowest BCUT2D eigenvalue weighted by molar-refractivity contribution is -0.166. The summed E-state index contributed by atoms with van der Waals surface area (Å²) in [5, 5.41) is 0. The average molecular weight is 1150 g/mol. The van der Waals surface area contributed by atoms with E-state index in [4.69, 9.17) is 14.2 Å². The maximum absolute atomic E-state index is 12.9. The van der Waals surface area contributed by atoms with Gasteiger partial charge >= 0.3 is 17.9 Å². The van der Waals surface area contributed by atoms with E-state index in [-0.39, 0.29) is 31.6 Å². The minimum Gasteiger partial charge on any atom is -0.462 e. The van der Waals surface area contributed by atoms with Crippen LogP contribution in [0.3, 0.4) is 0 Å². The quantitative estimate of drug-likeness (QED) is 0.0261. The largest absolute Gasteiger partial charge is 0.462 e. The lowest BCUT2D eigenvalue weighted by Crippen LogP contribution is -2.30. The van der Waals surface area contributed by atoms with Gasteiger partial charge in [-0.2, -0.15) is 0 Å². The molecule has 0 aromatic rings. The topological polar surface area (TPSA) is 78.9 Å². The molecule has 0 rings (SSSR count). The van der Waals surface area contributed by atoms with E-state index in [0.717, 1.165) is 116 Å². The van der Waals surface area contributed by atoms with Crippen molar-refractivity contribution in [3.05, 3.63) is 122 Å². The molecule has 1 unspecified atom stereocenters. The number of allylic oxidation sites excluding steroid dienone is 20. The van der Waals surface area contributed by atoms with E-state index in [2.05, 4.69) is 136 Å². The Labute approximate surface area is 513 Å². The SMILES string of the molecule is CC/C=C\C/C=C\C/C=C\C/C=C\C/C=C\C/C=C\CCC(=O)OC(COC(=O)CCCCCCCC/C=C\C/C=C\C/C=C\C/C=C\CC)COC(=O)CCCCCCCCCCCCCCCCCCCCCCCCCCCCC. The monoisotopic (exact) mass is 1150 g/mol. The molecule has 0 saturated heterocycles. The molecular weight excluding hydrogens is 1020 g/mol. The van der Waals surface area contributed by atoms with Gasteiger partial charge in [-0.15, -0.1) is 0 Å². The summed E-state index contributed by atoms with van der Waals surface area (Å²) in [5.74, 6) is -1.00. The summed E-state index contributed by atoms with van der Waals surface area (Å²) in [4.78, 5) is 38.4. The second-order valence-electron chi connectivity index (χ2n) is 23.0. The van der Waals surface area contributed by atoms with Crippen LogP contribution in [0.2, 0.25) is 0 Å². The number of esters is 3. The summed E-state index contributed by atoms with van der Waals surface area (Å²) in [6, 6.07) is 0. The van der Waals surface area contributed by atoms with Gasteiger partial charge in [-0.3, -0.25) is 14.4 Å². The van der Waals surface area contributed by atoms with Crippen LogP contribution in [0.25, 0.3) is 0 Å². The maximum Gasteiger partial charge on any atom is 0.306 e. The molecule has 0 bridgehead atoms. The molecule has 6 heteroatoms. The van der Waals surface area contributed by atoms with E-state index < -0.39 is 12.1 Å². The van der Waals surface area contributed by atoms with Gasteiger partial charge in [0, 0.05) is 19.3 Å². The highest BCUT2D eigenvalue weighted by Gasteiger charge is 2.19. The standard InChI is InChI=1S/C77H130O6/c1-4-7-10-13-16-19-22-25-28-31-34-35-36-37-38-39-40-41-44-46-49-52-55-58-61-64-67-70-76(79)82-73-74(83-77(80)71-68-65-62-59-56-53-50-47-43-33-30-27-24-21-18-15-12-9-6-3)72-81-75(78)69-66-63-60-57-54-51-48-45-42-32-29-26-23-20-17-14-11-8-5-2/h8-9,11-12,17-18,20-21,26-27,29-30,42-43,45,47,53,56,62,65,74H,4-7,10,13-16,19,22-25,28,31-41,44,46,48-52,54-55,57-61,63-64,66-73H2,1-3H3/b11-8-,12-9-,20-17-,21-18-,29-26-,30-27-,45-42-,47-43-,56-53-,65-62-. The minimum atomic E-state index is -0.829. The van der Waals surface area contributed by atoms with Crippen molar-refractivity contribution in [1.29, 1.82) is 0 Å². The van der Waals surface area contributed by atoms with E-state index >= 15 is 0 Å². The Morgan fingerprint density at radius 1 is 0.253 bits per heavy atom. The minimum absolute atomic E-state index is 0.113. The molecule has 0 saturated carbocycles. The zero-order chi connectivity index (χ0) is 59.9. The molecule has 0 aromatic heterocycles. The van der Waals surface area contributed by atoms with Gasteiger partial charge in [0.1, 0.15) is 13.2 Å². The van der Waals surface area contributed by atoms with Crippen molar-refractivity contribution < 1.29 is 28.6 Å². The van der Waals surface area contributed by atoms with Crippen LogP contribution in [-0.2, 0) is 28.6 Å². The number of hydrogen-bond acceptors (Lipinski definition) is 6. The predicted octanol–water partition coefficient (Wildman–Crippen LogP) is 24.3. The molecule has 474 valence electrons. The summed E-state index contributed by atoms with van der Waals surface area (Å²) in [5.41, 5.74) is 0. The third-order valence-corrected chi connectivity index (χ3v) is 15.0. The molecule has 1 atom stereocenters. The third kappa shape index (κ3) is 68.5. The van der Waals surface area contributed by atoms with Crippen molar-refractivity contribution in [2.24, 2.45) is 0 Å². The highest BCUT2D eigenvalue weighted by Crippen LogP contribution is 2.17. The highest BCUT2D eigenvalue weighted by molar-refractivity contribution is 5.71. The molecule has 0 aromatic carbocycles. The van der Waals surface area contributed by atoms with E-state index in [9.17, 15) is 14.4 Å². The first-order valence-electron chi connectivity index (χ1n) is 35.0. The van der Waals surface area contributed by atoms with Crippen molar-refractivity contribution in [3.63, 3.8) is 0 Å². The lowest BCUT2D eigenvalue weighted by atomic mass is 10.0. The van der Waals surface area contributed by atoms with E-state index in [1.165, 1.54) is 167 Å². The molecule has 0 aliphatic rings. The van der Waals surface area contributed by atoms with Crippen LogP contribution in [0.5, 0.6) is 0 Å². The molecule has 0 amide bonds. The fraction of sp³-hybridized carbons (Fsp3) is 0.701. The maximum atomic E-state index is 12.9. The molecule has 6 nitrogen and oxygen atoms in total. The summed E-state index contributed by atoms with van der Waals surface area (Å²) in [6.07, 6.45) is 98.1.